The van der Waals surface area contributed by atoms with Crippen LogP contribution in [-0.2, 0) is 15.1 Å². The highest BCUT2D eigenvalue weighted by Gasteiger charge is 2.50. The van der Waals surface area contributed by atoms with Gasteiger partial charge in [-0.15, -0.1) is 0 Å². The lowest BCUT2D eigenvalue weighted by molar-refractivity contribution is -0.945. The molecule has 3 aromatic carbocycles. The number of carbonyl (C=O) groups excluding carboxylic acids is 2. The van der Waals surface area contributed by atoms with Crippen molar-refractivity contribution < 1.29 is 33.4 Å². The lowest BCUT2D eigenvalue weighted by atomic mass is 9.82. The lowest BCUT2D eigenvalue weighted by Gasteiger charge is -2.52. The Morgan fingerprint density at radius 2 is 1.50 bits per heavy atom. The molecule has 3 saturated heterocycles. The molecule has 0 unspecified atom stereocenters. The summed E-state index contributed by atoms with van der Waals surface area (Å²) in [6.45, 7) is 3.86. The van der Waals surface area contributed by atoms with E-state index < -0.39 is 11.6 Å². The number of benzene rings is 3. The fourth-order valence-electron chi connectivity index (χ4n) is 6.14. The molecule has 0 aliphatic carbocycles. The van der Waals surface area contributed by atoms with Crippen molar-refractivity contribution in [1.82, 2.24) is 5.32 Å². The predicted octanol–water partition coefficient (Wildman–Crippen LogP) is 3.52. The third-order valence-corrected chi connectivity index (χ3v) is 8.50. The van der Waals surface area contributed by atoms with Gasteiger partial charge in [-0.1, -0.05) is 60.7 Å². The third-order valence-electron chi connectivity index (χ3n) is 8.50. The predicted molar refractivity (Wildman–Crippen MR) is 150 cm³/mol. The number of ether oxygens (including phenoxy) is 3. The van der Waals surface area contributed by atoms with Crippen LogP contribution in [0.3, 0.4) is 0 Å². The first-order chi connectivity index (χ1) is 19.4. The van der Waals surface area contributed by atoms with Crippen LogP contribution in [0.4, 0.5) is 0 Å². The van der Waals surface area contributed by atoms with Crippen LogP contribution in [0.1, 0.15) is 34.3 Å². The number of quaternary nitrogens is 1. The monoisotopic (exact) mass is 545 g/mol. The molecule has 2 bridgehead atoms. The zero-order valence-electron chi connectivity index (χ0n) is 23.0. The van der Waals surface area contributed by atoms with E-state index in [-0.39, 0.29) is 17.9 Å². The van der Waals surface area contributed by atoms with Crippen LogP contribution < -0.4 is 14.8 Å². The Bertz CT molecular complexity index is 1280. The van der Waals surface area contributed by atoms with E-state index in [1.165, 1.54) is 0 Å². The van der Waals surface area contributed by atoms with E-state index in [4.69, 9.17) is 14.2 Å². The van der Waals surface area contributed by atoms with Crippen LogP contribution in [0.15, 0.2) is 78.9 Å². The van der Waals surface area contributed by atoms with Crippen molar-refractivity contribution in [3.63, 3.8) is 0 Å². The van der Waals surface area contributed by atoms with Crippen molar-refractivity contribution in [2.75, 3.05) is 46.9 Å². The number of nitrogens with zero attached hydrogens (tertiary/aromatic N) is 1. The third kappa shape index (κ3) is 5.42. The van der Waals surface area contributed by atoms with Crippen molar-refractivity contribution in [3.8, 4) is 11.5 Å². The van der Waals surface area contributed by atoms with Crippen molar-refractivity contribution in [1.29, 1.82) is 0 Å². The maximum atomic E-state index is 13.7. The van der Waals surface area contributed by atoms with Gasteiger partial charge in [-0.25, -0.2) is 4.79 Å². The molecule has 3 aliphatic heterocycles. The quantitative estimate of drug-likeness (QED) is 0.299. The SMILES string of the molecule is COc1ccc(C(=O)NCC[N+]23CCC(CC2)[C@@H](OC(=O)C(O)(c2ccccc2)c2ccccc2)C3)cc1OC. The number of carbonyl (C=O) groups is 2. The molecule has 1 atom stereocenters. The first-order valence-electron chi connectivity index (χ1n) is 13.8. The van der Waals surface area contributed by atoms with Crippen LogP contribution in [0.5, 0.6) is 11.5 Å². The summed E-state index contributed by atoms with van der Waals surface area (Å²) in [5, 5.41) is 14.9. The summed E-state index contributed by atoms with van der Waals surface area (Å²) in [5.74, 6) is 0.515. The molecule has 3 aromatic rings. The summed E-state index contributed by atoms with van der Waals surface area (Å²) in [6, 6.07) is 23.0. The molecule has 40 heavy (non-hydrogen) atoms. The van der Waals surface area contributed by atoms with Crippen molar-refractivity contribution >= 4 is 11.9 Å². The van der Waals surface area contributed by atoms with Gasteiger partial charge in [0.2, 0.25) is 5.60 Å². The van der Waals surface area contributed by atoms with Gasteiger partial charge in [0.05, 0.1) is 40.4 Å². The van der Waals surface area contributed by atoms with Crippen molar-refractivity contribution in [3.05, 3.63) is 95.6 Å². The smallest absolute Gasteiger partial charge is 0.348 e. The first kappa shape index (κ1) is 27.7. The van der Waals surface area contributed by atoms with Crippen LogP contribution >= 0.6 is 0 Å². The number of amides is 1. The Morgan fingerprint density at radius 1 is 0.900 bits per heavy atom. The van der Waals surface area contributed by atoms with Gasteiger partial charge in [0.1, 0.15) is 6.54 Å². The van der Waals surface area contributed by atoms with E-state index >= 15 is 0 Å². The highest BCUT2D eigenvalue weighted by atomic mass is 16.6. The van der Waals surface area contributed by atoms with Gasteiger partial charge in [0.15, 0.2) is 17.6 Å². The lowest BCUT2D eigenvalue weighted by Crippen LogP contribution is -2.66. The van der Waals surface area contributed by atoms with Crippen molar-refractivity contribution in [2.24, 2.45) is 5.92 Å². The molecular weight excluding hydrogens is 508 g/mol. The van der Waals surface area contributed by atoms with E-state index in [1.807, 2.05) is 12.1 Å². The van der Waals surface area contributed by atoms with Gasteiger partial charge in [-0.2, -0.15) is 0 Å². The number of methoxy groups -OCH3 is 2. The Hall–Kier alpha value is -3.88. The molecule has 3 aliphatic rings. The first-order valence-corrected chi connectivity index (χ1v) is 13.8. The zero-order chi connectivity index (χ0) is 28.2. The van der Waals surface area contributed by atoms with Crippen LogP contribution in [-0.4, -0.2) is 74.5 Å². The Balaban J connectivity index is 1.25. The van der Waals surface area contributed by atoms with Gasteiger partial charge in [-0.05, 0) is 29.3 Å². The number of piperidine rings is 3. The highest BCUT2D eigenvalue weighted by Crippen LogP contribution is 2.38. The van der Waals surface area contributed by atoms with Gasteiger partial charge in [-0.3, -0.25) is 4.79 Å². The number of aliphatic hydroxyl groups is 1. The molecule has 0 saturated carbocycles. The van der Waals surface area contributed by atoms with Crippen LogP contribution in [0, 0.1) is 5.92 Å². The maximum absolute atomic E-state index is 13.7. The molecular formula is C32H37N2O6+. The van der Waals surface area contributed by atoms with Gasteiger partial charge in [0.25, 0.3) is 5.91 Å². The van der Waals surface area contributed by atoms with E-state index in [9.17, 15) is 14.7 Å². The van der Waals surface area contributed by atoms with E-state index in [0.29, 0.717) is 41.3 Å². The molecule has 8 nitrogen and oxygen atoms in total. The molecule has 2 N–H and O–H groups in total. The summed E-state index contributed by atoms with van der Waals surface area (Å²) in [6.07, 6.45) is 1.59. The summed E-state index contributed by atoms with van der Waals surface area (Å²) in [5.41, 5.74) is -0.432. The fraction of sp³-hybridized carbons (Fsp3) is 0.375. The van der Waals surface area contributed by atoms with Gasteiger partial charge >= 0.3 is 5.97 Å². The van der Waals surface area contributed by atoms with Crippen LogP contribution in [0.2, 0.25) is 0 Å². The molecule has 1 amide bonds. The van der Waals surface area contributed by atoms with E-state index in [0.717, 1.165) is 37.0 Å². The normalized spacial score (nSPS) is 21.9. The molecule has 0 spiro atoms. The minimum Gasteiger partial charge on any atom is -0.493 e. The highest BCUT2D eigenvalue weighted by molar-refractivity contribution is 5.94. The number of fused-ring (bicyclic) bond motifs is 3. The van der Waals surface area contributed by atoms with E-state index in [2.05, 4.69) is 5.32 Å². The average molecular weight is 546 g/mol. The average Bonchev–Trinajstić information content (AvgIpc) is 3.01. The Morgan fingerprint density at radius 3 is 2.08 bits per heavy atom. The largest absolute Gasteiger partial charge is 0.493 e. The van der Waals surface area contributed by atoms with Crippen molar-refractivity contribution in [2.45, 2.75) is 24.5 Å². The molecule has 6 rings (SSSR count). The number of nitrogens with one attached hydrogen (secondary N) is 1. The van der Waals surface area contributed by atoms with Crippen LogP contribution in [0.25, 0.3) is 0 Å². The second-order valence-electron chi connectivity index (χ2n) is 10.7. The maximum Gasteiger partial charge on any atom is 0.348 e. The molecule has 8 heteroatoms. The second kappa shape index (κ2) is 11.7. The molecule has 3 heterocycles. The summed E-state index contributed by atoms with van der Waals surface area (Å²) >= 11 is 0. The topological polar surface area (TPSA) is 94.1 Å². The van der Waals surface area contributed by atoms with Gasteiger partial charge < -0.3 is 29.1 Å². The summed E-state index contributed by atoms with van der Waals surface area (Å²) < 4.78 is 17.5. The number of rotatable bonds is 10. The minimum absolute atomic E-state index is 0.176. The summed E-state index contributed by atoms with van der Waals surface area (Å²) in [4.78, 5) is 26.6. The zero-order valence-corrected chi connectivity index (χ0v) is 23.0. The molecule has 210 valence electrons. The minimum atomic E-state index is -1.90. The van der Waals surface area contributed by atoms with Gasteiger partial charge in [0, 0.05) is 24.3 Å². The number of esters is 1. The molecule has 0 radical (unpaired) electrons. The molecule has 0 aromatic heterocycles. The van der Waals surface area contributed by atoms with E-state index in [1.54, 1.807) is 80.9 Å². The number of hydrogen-bond donors (Lipinski definition) is 2. The standard InChI is InChI=1S/C32H36N2O6/c1-38-27-14-13-24(21-28(27)39-2)30(35)33-17-20-34-18-15-23(16-19-34)29(22-34)40-31(36)32(37,25-9-5-3-6-10-25)26-11-7-4-8-12-26/h3-14,21,23,29,37H,15-20,22H2,1-2H3/p+1/t23?,29-,34?/m0/s1. The fourth-order valence-corrected chi connectivity index (χ4v) is 6.14. The summed E-state index contributed by atoms with van der Waals surface area (Å²) in [7, 11) is 3.10. The Labute approximate surface area is 235 Å². The second-order valence-corrected chi connectivity index (χ2v) is 10.7. The number of hydrogen-bond acceptors (Lipinski definition) is 6. The Kier molecular flexibility index (Phi) is 8.09. The molecule has 3 fully saturated rings.